The molecule has 5 rings (SSSR count). The summed E-state index contributed by atoms with van der Waals surface area (Å²) in [6, 6.07) is 9.92. The van der Waals surface area contributed by atoms with Crippen LogP contribution < -0.4 is 5.73 Å². The highest BCUT2D eigenvalue weighted by atomic mass is 32.2. The van der Waals surface area contributed by atoms with E-state index in [1.54, 1.807) is 31.9 Å². The number of aliphatic hydroxyl groups excluding tert-OH is 2. The van der Waals surface area contributed by atoms with Crippen LogP contribution in [0.2, 0.25) is 0 Å². The number of hydrogen-bond donors (Lipinski definition) is 5. The molecule has 39 heavy (non-hydrogen) atoms. The summed E-state index contributed by atoms with van der Waals surface area (Å²) in [4.78, 5) is 41.8. The first-order chi connectivity index (χ1) is 18.4. The zero-order valence-electron chi connectivity index (χ0n) is 21.8. The highest BCUT2D eigenvalue weighted by molar-refractivity contribution is 7.99. The maximum atomic E-state index is 14.0. The van der Waals surface area contributed by atoms with E-state index in [9.17, 15) is 34.8 Å². The molecule has 0 bridgehead atoms. The molecule has 2 aromatic carbocycles. The van der Waals surface area contributed by atoms with Crippen molar-refractivity contribution in [3.63, 3.8) is 0 Å². The molecule has 1 fully saturated rings. The first-order valence-electron chi connectivity index (χ1n) is 12.7. The van der Waals surface area contributed by atoms with E-state index < -0.39 is 58.0 Å². The molecule has 204 valence electrons. The van der Waals surface area contributed by atoms with Crippen LogP contribution in [0.15, 0.2) is 58.2 Å². The molecule has 9 nitrogen and oxygen atoms in total. The van der Waals surface area contributed by atoms with Crippen LogP contribution in [0.3, 0.4) is 0 Å². The Kier molecular flexibility index (Phi) is 6.61. The van der Waals surface area contributed by atoms with Crippen LogP contribution >= 0.6 is 11.8 Å². The summed E-state index contributed by atoms with van der Waals surface area (Å²) in [6.07, 6.45) is 0.287. The molecule has 0 heterocycles. The minimum absolute atomic E-state index is 0.0478. The number of phenols is 1. The van der Waals surface area contributed by atoms with Crippen LogP contribution in [0.5, 0.6) is 5.75 Å². The molecule has 0 spiro atoms. The number of nitrogens with two attached hydrogens (primary N) is 1. The number of benzene rings is 2. The van der Waals surface area contributed by atoms with E-state index in [-0.39, 0.29) is 29.7 Å². The Labute approximate surface area is 229 Å². The van der Waals surface area contributed by atoms with E-state index in [2.05, 4.69) is 0 Å². The van der Waals surface area contributed by atoms with E-state index in [0.717, 1.165) is 21.8 Å². The Balaban J connectivity index is 1.74. The molecular weight excluding hydrogens is 520 g/mol. The molecule has 0 aliphatic heterocycles. The number of phenolic OH excluding ortho intramolecular Hbond substituents is 1. The van der Waals surface area contributed by atoms with E-state index >= 15 is 0 Å². The summed E-state index contributed by atoms with van der Waals surface area (Å²) in [5, 5.41) is 45.0. The second-order valence-electron chi connectivity index (χ2n) is 10.4. The fraction of sp³-hybridized carbons (Fsp3) is 0.345. The average Bonchev–Trinajstić information content (AvgIpc) is 2.87. The zero-order chi connectivity index (χ0) is 28.4. The van der Waals surface area contributed by atoms with Gasteiger partial charge in [-0.3, -0.25) is 19.3 Å². The number of rotatable bonds is 5. The lowest BCUT2D eigenvalue weighted by Crippen LogP contribution is -2.65. The molecule has 2 aromatic rings. The van der Waals surface area contributed by atoms with Gasteiger partial charge in [0.05, 0.1) is 11.6 Å². The van der Waals surface area contributed by atoms with Crippen molar-refractivity contribution < 1.29 is 34.8 Å². The molecule has 3 aliphatic carbocycles. The first-order valence-corrected chi connectivity index (χ1v) is 13.6. The Hall–Kier alpha value is -3.60. The second kappa shape index (κ2) is 9.55. The van der Waals surface area contributed by atoms with Gasteiger partial charge in [0.2, 0.25) is 5.78 Å². The fourth-order valence-corrected chi connectivity index (χ4v) is 7.29. The minimum Gasteiger partial charge on any atom is -0.508 e. The summed E-state index contributed by atoms with van der Waals surface area (Å²) in [6.45, 7) is 2.05. The molecule has 6 N–H and O–H groups in total. The lowest BCUT2D eigenvalue weighted by molar-refractivity contribution is -0.153. The van der Waals surface area contributed by atoms with Crippen molar-refractivity contribution >= 4 is 35.0 Å². The maximum Gasteiger partial charge on any atom is 0.255 e. The van der Waals surface area contributed by atoms with Gasteiger partial charge in [-0.2, -0.15) is 0 Å². The third-order valence-corrected chi connectivity index (χ3v) is 9.04. The van der Waals surface area contributed by atoms with Crippen molar-refractivity contribution in [3.05, 3.63) is 64.4 Å². The van der Waals surface area contributed by atoms with Crippen molar-refractivity contribution in [1.29, 1.82) is 0 Å². The standard InChI is InChI=1S/C29H30N2O7S/c1-4-39-19-8-6-5-7-15(19)14-9-10-18(32)21-16(14)11-13-12-17-23(31(2)3)25(34)22(28(30)37)27(36)29(17,38)26(35)20(13)24(21)33/h5-10,13,17,23,32-33,36,38H,4,11-12H2,1-3H3,(H2,30,37)/t13-,17-,23-,29-/m0/s1. The van der Waals surface area contributed by atoms with E-state index in [4.69, 9.17) is 5.73 Å². The van der Waals surface area contributed by atoms with Crippen LogP contribution in [-0.4, -0.2) is 74.3 Å². The summed E-state index contributed by atoms with van der Waals surface area (Å²) < 4.78 is 0. The predicted octanol–water partition coefficient (Wildman–Crippen LogP) is 2.74. The Bertz CT molecular complexity index is 1490. The number of hydrogen-bond acceptors (Lipinski definition) is 9. The van der Waals surface area contributed by atoms with Gasteiger partial charge in [-0.25, -0.2) is 0 Å². The number of carbonyl (C=O) groups excluding carboxylic acids is 3. The van der Waals surface area contributed by atoms with Crippen molar-refractivity contribution in [3.8, 4) is 16.9 Å². The zero-order valence-corrected chi connectivity index (χ0v) is 22.6. The summed E-state index contributed by atoms with van der Waals surface area (Å²) in [7, 11) is 3.15. The molecule has 4 atom stereocenters. The van der Waals surface area contributed by atoms with Gasteiger partial charge in [-0.15, -0.1) is 11.8 Å². The summed E-state index contributed by atoms with van der Waals surface area (Å²) in [5.74, 6) is -5.77. The van der Waals surface area contributed by atoms with Crippen molar-refractivity contribution in [1.82, 2.24) is 4.90 Å². The van der Waals surface area contributed by atoms with E-state index in [1.807, 2.05) is 31.2 Å². The van der Waals surface area contributed by atoms with Crippen LogP contribution in [0.25, 0.3) is 16.9 Å². The smallest absolute Gasteiger partial charge is 0.255 e. The number of thioether (sulfide) groups is 1. The SMILES string of the molecule is CCSc1ccccc1-c1ccc(O)c2c1C[C@H]1C[C@H]3[C@H](N(C)C)C(=O)C(C(N)=O)=C(O)[C@@]3(O)C(=O)C1=C2O. The third kappa shape index (κ3) is 3.81. The van der Waals surface area contributed by atoms with Crippen LogP contribution in [0.4, 0.5) is 0 Å². The third-order valence-electron chi connectivity index (χ3n) is 8.08. The highest BCUT2D eigenvalue weighted by Gasteiger charge is 2.64. The van der Waals surface area contributed by atoms with E-state index in [0.29, 0.717) is 5.56 Å². The van der Waals surface area contributed by atoms with Gasteiger partial charge < -0.3 is 26.2 Å². The monoisotopic (exact) mass is 550 g/mol. The maximum absolute atomic E-state index is 14.0. The molecule has 1 saturated carbocycles. The minimum atomic E-state index is -2.65. The second-order valence-corrected chi connectivity index (χ2v) is 11.7. The van der Waals surface area contributed by atoms with Crippen LogP contribution in [-0.2, 0) is 20.8 Å². The number of nitrogens with zero attached hydrogens (tertiary/aromatic N) is 1. The Morgan fingerprint density at radius 2 is 1.79 bits per heavy atom. The first kappa shape index (κ1) is 27.0. The van der Waals surface area contributed by atoms with E-state index in [1.165, 1.54) is 11.0 Å². The normalized spacial score (nSPS) is 26.4. The number of fused-ring (bicyclic) bond motifs is 3. The molecule has 3 aliphatic rings. The Morgan fingerprint density at radius 3 is 2.44 bits per heavy atom. The van der Waals surface area contributed by atoms with Gasteiger partial charge in [0.1, 0.15) is 22.8 Å². The average molecular weight is 551 g/mol. The summed E-state index contributed by atoms with van der Waals surface area (Å²) >= 11 is 1.66. The molecule has 0 saturated heterocycles. The van der Waals surface area contributed by atoms with Crippen molar-refractivity contribution in [2.75, 3.05) is 19.8 Å². The number of aromatic hydroxyl groups is 1. The largest absolute Gasteiger partial charge is 0.508 e. The van der Waals surface area contributed by atoms with Crippen LogP contribution in [0, 0.1) is 11.8 Å². The van der Waals surface area contributed by atoms with Gasteiger partial charge in [0.15, 0.2) is 11.4 Å². The van der Waals surface area contributed by atoms with Crippen molar-refractivity contribution in [2.45, 2.75) is 36.3 Å². The van der Waals surface area contributed by atoms with Gasteiger partial charge in [-0.05, 0) is 67.4 Å². The molecule has 0 aromatic heterocycles. The number of ketones is 2. The predicted molar refractivity (Wildman–Crippen MR) is 146 cm³/mol. The quantitative estimate of drug-likeness (QED) is 0.278. The fourth-order valence-electron chi connectivity index (χ4n) is 6.47. The number of amides is 1. The van der Waals surface area contributed by atoms with Gasteiger partial charge in [0.25, 0.3) is 5.91 Å². The number of primary amides is 1. The lowest BCUT2D eigenvalue weighted by Gasteiger charge is -2.50. The summed E-state index contributed by atoms with van der Waals surface area (Å²) in [5.41, 5.74) is 4.17. The highest BCUT2D eigenvalue weighted by Crippen LogP contribution is 2.54. The lowest BCUT2D eigenvalue weighted by atomic mass is 9.57. The van der Waals surface area contributed by atoms with Crippen LogP contribution in [0.1, 0.15) is 24.5 Å². The Morgan fingerprint density at radius 1 is 1.10 bits per heavy atom. The number of likely N-dealkylation sites (N-methyl/N-ethyl adjacent to an activating group) is 1. The molecule has 0 radical (unpaired) electrons. The number of carbonyl (C=O) groups is 3. The van der Waals surface area contributed by atoms with Crippen molar-refractivity contribution in [2.24, 2.45) is 17.6 Å². The number of aliphatic hydroxyl groups is 3. The molecule has 0 unspecified atom stereocenters. The topological polar surface area (TPSA) is 161 Å². The van der Waals surface area contributed by atoms with Gasteiger partial charge >= 0.3 is 0 Å². The molecule has 10 heteroatoms. The molecular formula is C29H30N2O7S. The van der Waals surface area contributed by atoms with Gasteiger partial charge in [-0.1, -0.05) is 31.2 Å². The van der Waals surface area contributed by atoms with Gasteiger partial charge in [0, 0.05) is 16.4 Å². The molecule has 1 amide bonds. The number of Topliss-reactive ketones (excluding diaryl/α,β-unsaturated/α-hetero) is 2.